The van der Waals surface area contributed by atoms with Gasteiger partial charge in [-0.1, -0.05) is 24.4 Å². The first kappa shape index (κ1) is 10.9. The predicted octanol–water partition coefficient (Wildman–Crippen LogP) is 1.71. The van der Waals surface area contributed by atoms with Crippen molar-refractivity contribution in [2.24, 2.45) is 11.1 Å². The van der Waals surface area contributed by atoms with E-state index in [1.165, 1.54) is 13.3 Å². The summed E-state index contributed by atoms with van der Waals surface area (Å²) in [4.78, 5) is 4.99. The van der Waals surface area contributed by atoms with Gasteiger partial charge in [0.05, 0.1) is 0 Å². The van der Waals surface area contributed by atoms with Gasteiger partial charge in [0.2, 0.25) is 9.84 Å². The number of oxime groups is 1. The fourth-order valence-corrected chi connectivity index (χ4v) is 4.07. The van der Waals surface area contributed by atoms with Crippen LogP contribution in [0.1, 0.15) is 39.0 Å². The molecule has 0 amide bonds. The molecule has 1 aliphatic carbocycles. The molecule has 1 heterocycles. The minimum absolute atomic E-state index is 0.143. The smallest absolute Gasteiger partial charge is 0.201 e. The molecule has 1 saturated carbocycles. The summed E-state index contributed by atoms with van der Waals surface area (Å²) < 4.78 is 24.0. The van der Waals surface area contributed by atoms with Gasteiger partial charge in [0.1, 0.15) is 11.9 Å². The Morgan fingerprint density at radius 2 is 1.93 bits per heavy atom. The number of rotatable bonds is 1. The van der Waals surface area contributed by atoms with Crippen molar-refractivity contribution in [2.75, 3.05) is 6.61 Å². The predicted molar refractivity (Wildman–Crippen MR) is 58.3 cm³/mol. The van der Waals surface area contributed by atoms with E-state index in [-0.39, 0.29) is 22.8 Å². The minimum Gasteiger partial charge on any atom is -0.394 e. The Hall–Kier alpha value is -0.580. The summed E-state index contributed by atoms with van der Waals surface area (Å²) in [5, 5.41) is 3.35. The Morgan fingerprint density at radius 3 is 2.60 bits per heavy atom. The lowest BCUT2D eigenvalue weighted by Crippen LogP contribution is -2.40. The van der Waals surface area contributed by atoms with Crippen molar-refractivity contribution in [1.82, 2.24) is 0 Å². The van der Waals surface area contributed by atoms with Gasteiger partial charge in [-0.15, -0.1) is 0 Å². The molecule has 0 radical (unpaired) electrons. The van der Waals surface area contributed by atoms with Crippen LogP contribution in [0.5, 0.6) is 0 Å². The summed E-state index contributed by atoms with van der Waals surface area (Å²) in [6.45, 7) is 1.76. The van der Waals surface area contributed by atoms with E-state index in [4.69, 9.17) is 4.84 Å². The maximum atomic E-state index is 12.0. The SMILES string of the molecule is CC1=NOCC(C2CCCCC2)S1(=O)=O. The zero-order valence-electron chi connectivity index (χ0n) is 8.98. The maximum Gasteiger partial charge on any atom is 0.201 e. The van der Waals surface area contributed by atoms with Crippen LogP contribution in [-0.4, -0.2) is 25.3 Å². The fourth-order valence-electron chi connectivity index (χ4n) is 2.46. The quantitative estimate of drug-likeness (QED) is 0.690. The van der Waals surface area contributed by atoms with Gasteiger partial charge in [-0.3, -0.25) is 0 Å². The van der Waals surface area contributed by atoms with E-state index >= 15 is 0 Å². The van der Waals surface area contributed by atoms with Crippen molar-refractivity contribution in [3.63, 3.8) is 0 Å². The van der Waals surface area contributed by atoms with Crippen LogP contribution in [0.15, 0.2) is 5.16 Å². The molecule has 0 bridgehead atoms. The summed E-state index contributed by atoms with van der Waals surface area (Å²) in [6, 6.07) is 0. The summed E-state index contributed by atoms with van der Waals surface area (Å²) in [5.41, 5.74) is 0. The molecule has 0 aromatic heterocycles. The number of nitrogens with zero attached hydrogens (tertiary/aromatic N) is 1. The third-order valence-corrected chi connectivity index (χ3v) is 5.63. The van der Waals surface area contributed by atoms with Gasteiger partial charge in [0.15, 0.2) is 5.04 Å². The molecule has 1 atom stereocenters. The second kappa shape index (κ2) is 4.12. The van der Waals surface area contributed by atoms with Crippen molar-refractivity contribution in [3.05, 3.63) is 0 Å². The molecule has 0 saturated heterocycles. The molecule has 15 heavy (non-hydrogen) atoms. The molecule has 0 N–H and O–H groups in total. The highest BCUT2D eigenvalue weighted by atomic mass is 32.2. The Morgan fingerprint density at radius 1 is 1.27 bits per heavy atom. The van der Waals surface area contributed by atoms with E-state index < -0.39 is 9.84 Å². The van der Waals surface area contributed by atoms with Crippen LogP contribution < -0.4 is 0 Å². The van der Waals surface area contributed by atoms with E-state index in [0.29, 0.717) is 0 Å². The van der Waals surface area contributed by atoms with Crippen molar-refractivity contribution in [3.8, 4) is 0 Å². The van der Waals surface area contributed by atoms with Gasteiger partial charge >= 0.3 is 0 Å². The molecular formula is C10H17NO3S. The highest BCUT2D eigenvalue weighted by Crippen LogP contribution is 2.32. The third-order valence-electron chi connectivity index (χ3n) is 3.42. The van der Waals surface area contributed by atoms with E-state index in [2.05, 4.69) is 5.16 Å². The van der Waals surface area contributed by atoms with Gasteiger partial charge in [-0.25, -0.2) is 8.42 Å². The molecule has 2 rings (SSSR count). The lowest BCUT2D eigenvalue weighted by molar-refractivity contribution is 0.120. The van der Waals surface area contributed by atoms with Crippen LogP contribution in [0.4, 0.5) is 0 Å². The van der Waals surface area contributed by atoms with E-state index in [1.54, 1.807) is 0 Å². The van der Waals surface area contributed by atoms with Gasteiger partial charge in [-0.2, -0.15) is 0 Å². The van der Waals surface area contributed by atoms with Crippen LogP contribution in [0.2, 0.25) is 0 Å². The average molecular weight is 231 g/mol. The number of sulfone groups is 1. The van der Waals surface area contributed by atoms with Crippen LogP contribution >= 0.6 is 0 Å². The van der Waals surface area contributed by atoms with Crippen molar-refractivity contribution < 1.29 is 13.3 Å². The molecular weight excluding hydrogens is 214 g/mol. The zero-order valence-corrected chi connectivity index (χ0v) is 9.79. The van der Waals surface area contributed by atoms with Crippen LogP contribution in [-0.2, 0) is 14.7 Å². The molecule has 0 aromatic carbocycles. The summed E-state index contributed by atoms with van der Waals surface area (Å²) in [7, 11) is -3.18. The molecule has 1 aliphatic heterocycles. The first-order valence-electron chi connectivity index (χ1n) is 5.53. The second-order valence-corrected chi connectivity index (χ2v) is 6.67. The van der Waals surface area contributed by atoms with Gasteiger partial charge in [-0.05, 0) is 25.7 Å². The van der Waals surface area contributed by atoms with Crippen LogP contribution in [0, 0.1) is 5.92 Å². The van der Waals surface area contributed by atoms with E-state index in [0.717, 1.165) is 25.7 Å². The first-order valence-corrected chi connectivity index (χ1v) is 7.07. The average Bonchev–Trinajstić information content (AvgIpc) is 2.23. The summed E-state index contributed by atoms with van der Waals surface area (Å²) in [6.07, 6.45) is 5.55. The van der Waals surface area contributed by atoms with Crippen LogP contribution in [0.3, 0.4) is 0 Å². The lowest BCUT2D eigenvalue weighted by atomic mass is 9.87. The Kier molecular flexibility index (Phi) is 3.00. The largest absolute Gasteiger partial charge is 0.394 e. The molecule has 0 aromatic rings. The van der Waals surface area contributed by atoms with Gasteiger partial charge in [0.25, 0.3) is 0 Å². The Bertz CT molecular complexity index is 355. The van der Waals surface area contributed by atoms with Gasteiger partial charge < -0.3 is 4.84 Å². The maximum absolute atomic E-state index is 12.0. The summed E-state index contributed by atoms with van der Waals surface area (Å²) >= 11 is 0. The van der Waals surface area contributed by atoms with E-state index in [1.807, 2.05) is 0 Å². The van der Waals surface area contributed by atoms with E-state index in [9.17, 15) is 8.42 Å². The van der Waals surface area contributed by atoms with Crippen LogP contribution in [0.25, 0.3) is 0 Å². The highest BCUT2D eigenvalue weighted by Gasteiger charge is 2.39. The Balaban J connectivity index is 2.18. The molecule has 5 heteroatoms. The monoisotopic (exact) mass is 231 g/mol. The number of hydrogen-bond acceptors (Lipinski definition) is 4. The first-order chi connectivity index (χ1) is 7.12. The van der Waals surface area contributed by atoms with Crippen molar-refractivity contribution in [1.29, 1.82) is 0 Å². The molecule has 2 aliphatic rings. The molecule has 4 nitrogen and oxygen atoms in total. The lowest BCUT2D eigenvalue weighted by Gasteiger charge is -2.30. The molecule has 86 valence electrons. The molecule has 1 unspecified atom stereocenters. The summed E-state index contributed by atoms with van der Waals surface area (Å²) in [5.74, 6) is 0.272. The standard InChI is InChI=1S/C10H17NO3S/c1-8-11-14-7-10(15(8,12)13)9-5-3-2-4-6-9/h9-10H,2-7H2,1H3. The highest BCUT2D eigenvalue weighted by molar-refractivity contribution is 8.06. The molecule has 0 spiro atoms. The zero-order chi connectivity index (χ0) is 10.9. The second-order valence-electron chi connectivity index (χ2n) is 4.39. The third kappa shape index (κ3) is 2.02. The molecule has 1 fully saturated rings. The normalized spacial score (nSPS) is 31.8. The van der Waals surface area contributed by atoms with Gasteiger partial charge in [0, 0.05) is 0 Å². The topological polar surface area (TPSA) is 55.7 Å². The van der Waals surface area contributed by atoms with Crippen molar-refractivity contribution in [2.45, 2.75) is 44.3 Å². The van der Waals surface area contributed by atoms with Crippen molar-refractivity contribution >= 4 is 14.9 Å². The Labute approximate surface area is 90.6 Å². The minimum atomic E-state index is -3.18. The fraction of sp³-hybridized carbons (Fsp3) is 0.900. The number of hydrogen-bond donors (Lipinski definition) is 0.